The van der Waals surface area contributed by atoms with Crippen molar-refractivity contribution in [3.8, 4) is 0 Å². The van der Waals surface area contributed by atoms with Gasteiger partial charge in [0.25, 0.3) is 5.91 Å². The predicted octanol–water partition coefficient (Wildman–Crippen LogP) is 4.33. The van der Waals surface area contributed by atoms with Crippen LogP contribution in [-0.2, 0) is 11.2 Å². The second kappa shape index (κ2) is 8.32. The SMILES string of the molecule is O=C(Cc1c(F)cccc1Cl)Nc1ccccc1C(=O)NC1CCCC1. The van der Waals surface area contributed by atoms with Crippen molar-refractivity contribution in [3.05, 3.63) is 64.4 Å². The summed E-state index contributed by atoms with van der Waals surface area (Å²) in [6.07, 6.45) is 3.99. The van der Waals surface area contributed by atoms with E-state index in [0.29, 0.717) is 11.3 Å². The number of hydrogen-bond donors (Lipinski definition) is 2. The van der Waals surface area contributed by atoms with Crippen molar-refractivity contribution in [3.63, 3.8) is 0 Å². The highest BCUT2D eigenvalue weighted by Gasteiger charge is 2.20. The van der Waals surface area contributed by atoms with Crippen LogP contribution in [0.1, 0.15) is 41.6 Å². The maximum Gasteiger partial charge on any atom is 0.253 e. The molecule has 0 unspecified atom stereocenters. The summed E-state index contributed by atoms with van der Waals surface area (Å²) in [5.41, 5.74) is 0.937. The molecule has 0 saturated heterocycles. The molecule has 0 aromatic heterocycles. The minimum absolute atomic E-state index is 0.138. The molecule has 2 aromatic rings. The third-order valence-corrected chi connectivity index (χ3v) is 4.89. The number of amides is 2. The van der Waals surface area contributed by atoms with E-state index in [9.17, 15) is 14.0 Å². The third-order valence-electron chi connectivity index (χ3n) is 4.54. The van der Waals surface area contributed by atoms with Gasteiger partial charge in [0.05, 0.1) is 17.7 Å². The first kappa shape index (κ1) is 18.4. The highest BCUT2D eigenvalue weighted by atomic mass is 35.5. The Morgan fingerprint density at radius 2 is 1.81 bits per heavy atom. The number of para-hydroxylation sites is 1. The van der Waals surface area contributed by atoms with Gasteiger partial charge >= 0.3 is 0 Å². The van der Waals surface area contributed by atoms with E-state index in [0.717, 1.165) is 25.7 Å². The molecule has 0 spiro atoms. The molecule has 2 N–H and O–H groups in total. The molecule has 0 bridgehead atoms. The van der Waals surface area contributed by atoms with Gasteiger partial charge in [-0.2, -0.15) is 0 Å². The number of anilines is 1. The summed E-state index contributed by atoms with van der Waals surface area (Å²) in [6.45, 7) is 0. The van der Waals surface area contributed by atoms with Gasteiger partial charge < -0.3 is 10.6 Å². The van der Waals surface area contributed by atoms with E-state index in [1.807, 2.05) is 0 Å². The summed E-state index contributed by atoms with van der Waals surface area (Å²) in [6, 6.07) is 11.3. The smallest absolute Gasteiger partial charge is 0.253 e. The Hall–Kier alpha value is -2.40. The topological polar surface area (TPSA) is 58.2 Å². The van der Waals surface area contributed by atoms with Crippen LogP contribution in [0.15, 0.2) is 42.5 Å². The second-order valence-electron chi connectivity index (χ2n) is 6.43. The number of carbonyl (C=O) groups excluding carboxylic acids is 2. The summed E-state index contributed by atoms with van der Waals surface area (Å²) in [5, 5.41) is 5.90. The molecule has 0 atom stereocenters. The van der Waals surface area contributed by atoms with E-state index in [4.69, 9.17) is 11.6 Å². The number of halogens is 2. The van der Waals surface area contributed by atoms with E-state index < -0.39 is 11.7 Å². The molecule has 0 aliphatic heterocycles. The van der Waals surface area contributed by atoms with Crippen LogP contribution < -0.4 is 10.6 Å². The molecule has 4 nitrogen and oxygen atoms in total. The van der Waals surface area contributed by atoms with Crippen LogP contribution in [0, 0.1) is 5.82 Å². The first-order chi connectivity index (χ1) is 12.5. The van der Waals surface area contributed by atoms with Crippen LogP contribution in [0.4, 0.5) is 10.1 Å². The number of benzene rings is 2. The third kappa shape index (κ3) is 4.41. The minimum Gasteiger partial charge on any atom is -0.349 e. The fraction of sp³-hybridized carbons (Fsp3) is 0.300. The van der Waals surface area contributed by atoms with Crippen molar-refractivity contribution in [2.75, 3.05) is 5.32 Å². The Bertz CT molecular complexity index is 799. The molecule has 6 heteroatoms. The molecule has 0 radical (unpaired) electrons. The summed E-state index contributed by atoms with van der Waals surface area (Å²) in [7, 11) is 0. The zero-order chi connectivity index (χ0) is 18.5. The van der Waals surface area contributed by atoms with Gasteiger partial charge in [0.2, 0.25) is 5.91 Å². The molecule has 1 fully saturated rings. The molecule has 3 rings (SSSR count). The monoisotopic (exact) mass is 374 g/mol. The molecule has 1 saturated carbocycles. The van der Waals surface area contributed by atoms with E-state index in [1.165, 1.54) is 18.2 Å². The van der Waals surface area contributed by atoms with Gasteiger partial charge in [-0.05, 0) is 37.1 Å². The highest BCUT2D eigenvalue weighted by molar-refractivity contribution is 6.31. The van der Waals surface area contributed by atoms with E-state index >= 15 is 0 Å². The number of hydrogen-bond acceptors (Lipinski definition) is 2. The van der Waals surface area contributed by atoms with Crippen molar-refractivity contribution in [2.45, 2.75) is 38.1 Å². The van der Waals surface area contributed by atoms with E-state index in [1.54, 1.807) is 24.3 Å². The quantitative estimate of drug-likeness (QED) is 0.818. The van der Waals surface area contributed by atoms with Crippen LogP contribution in [0.25, 0.3) is 0 Å². The van der Waals surface area contributed by atoms with Crippen molar-refractivity contribution >= 4 is 29.1 Å². The van der Waals surface area contributed by atoms with E-state index in [-0.39, 0.29) is 29.0 Å². The summed E-state index contributed by atoms with van der Waals surface area (Å²) < 4.78 is 13.9. The lowest BCUT2D eigenvalue weighted by atomic mass is 10.1. The molecular formula is C20H20ClFN2O2. The molecule has 136 valence electrons. The normalized spacial score (nSPS) is 14.2. The largest absolute Gasteiger partial charge is 0.349 e. The van der Waals surface area contributed by atoms with Gasteiger partial charge in [0.1, 0.15) is 5.82 Å². The molecule has 0 heterocycles. The van der Waals surface area contributed by atoms with Crippen LogP contribution in [0.2, 0.25) is 5.02 Å². The predicted molar refractivity (Wildman–Crippen MR) is 99.9 cm³/mol. The maximum atomic E-state index is 13.9. The number of nitrogens with one attached hydrogen (secondary N) is 2. The Morgan fingerprint density at radius 1 is 1.08 bits per heavy atom. The lowest BCUT2D eigenvalue weighted by molar-refractivity contribution is -0.115. The van der Waals surface area contributed by atoms with Crippen LogP contribution in [0.3, 0.4) is 0 Å². The van der Waals surface area contributed by atoms with Gasteiger partial charge in [0, 0.05) is 16.6 Å². The van der Waals surface area contributed by atoms with Crippen molar-refractivity contribution in [2.24, 2.45) is 0 Å². The van der Waals surface area contributed by atoms with Gasteiger partial charge in [-0.3, -0.25) is 9.59 Å². The van der Waals surface area contributed by atoms with Crippen LogP contribution >= 0.6 is 11.6 Å². The summed E-state index contributed by atoms with van der Waals surface area (Å²) in [4.78, 5) is 24.9. The van der Waals surface area contributed by atoms with Crippen molar-refractivity contribution < 1.29 is 14.0 Å². The molecule has 2 amide bonds. The Morgan fingerprint density at radius 3 is 2.54 bits per heavy atom. The zero-order valence-electron chi connectivity index (χ0n) is 14.2. The number of carbonyl (C=O) groups is 2. The second-order valence-corrected chi connectivity index (χ2v) is 6.83. The van der Waals surface area contributed by atoms with Crippen LogP contribution in [0.5, 0.6) is 0 Å². The average Bonchev–Trinajstić information content (AvgIpc) is 3.12. The standard InChI is InChI=1S/C20H20ClFN2O2/c21-16-9-5-10-17(22)15(16)12-19(25)24-18-11-4-3-8-14(18)20(26)23-13-6-1-2-7-13/h3-5,8-11,13H,1-2,6-7,12H2,(H,23,26)(H,24,25). The molecule has 1 aliphatic rings. The highest BCUT2D eigenvalue weighted by Crippen LogP contribution is 2.22. The van der Waals surface area contributed by atoms with Crippen molar-refractivity contribution in [1.82, 2.24) is 5.32 Å². The average molecular weight is 375 g/mol. The fourth-order valence-electron chi connectivity index (χ4n) is 3.18. The Labute approximate surface area is 156 Å². The van der Waals surface area contributed by atoms with E-state index in [2.05, 4.69) is 10.6 Å². The molecule has 26 heavy (non-hydrogen) atoms. The van der Waals surface area contributed by atoms with Gasteiger partial charge in [-0.25, -0.2) is 4.39 Å². The first-order valence-corrected chi connectivity index (χ1v) is 9.05. The minimum atomic E-state index is -0.528. The fourth-order valence-corrected chi connectivity index (χ4v) is 3.41. The van der Waals surface area contributed by atoms with Crippen LogP contribution in [-0.4, -0.2) is 17.9 Å². The summed E-state index contributed by atoms with van der Waals surface area (Å²) in [5.74, 6) is -1.17. The molecule has 2 aromatic carbocycles. The van der Waals surface area contributed by atoms with Gasteiger partial charge in [0.15, 0.2) is 0 Å². The lowest BCUT2D eigenvalue weighted by Gasteiger charge is -2.15. The van der Waals surface area contributed by atoms with Gasteiger partial charge in [-0.1, -0.05) is 42.6 Å². The number of rotatable bonds is 5. The first-order valence-electron chi connectivity index (χ1n) is 8.67. The van der Waals surface area contributed by atoms with Crippen molar-refractivity contribution in [1.29, 1.82) is 0 Å². The maximum absolute atomic E-state index is 13.9. The zero-order valence-corrected chi connectivity index (χ0v) is 15.0. The molecular weight excluding hydrogens is 355 g/mol. The Kier molecular flexibility index (Phi) is 5.89. The Balaban J connectivity index is 1.71. The van der Waals surface area contributed by atoms with Gasteiger partial charge in [-0.15, -0.1) is 0 Å². The lowest BCUT2D eigenvalue weighted by Crippen LogP contribution is -2.33. The summed E-state index contributed by atoms with van der Waals surface area (Å²) >= 11 is 5.97. The molecule has 1 aliphatic carbocycles.